The van der Waals surface area contributed by atoms with Gasteiger partial charge >= 0.3 is 0 Å². The van der Waals surface area contributed by atoms with E-state index >= 15 is 0 Å². The Kier molecular flexibility index (Phi) is 5.12. The van der Waals surface area contributed by atoms with Gasteiger partial charge < -0.3 is 11.1 Å². The van der Waals surface area contributed by atoms with E-state index in [1.807, 2.05) is 32.0 Å². The molecule has 0 heterocycles. The summed E-state index contributed by atoms with van der Waals surface area (Å²) in [5.41, 5.74) is 8.93. The fourth-order valence-corrected chi connectivity index (χ4v) is 2.26. The zero-order chi connectivity index (χ0) is 14.6. The lowest BCUT2D eigenvalue weighted by Gasteiger charge is -2.25. The van der Waals surface area contributed by atoms with Crippen molar-refractivity contribution < 1.29 is 4.79 Å². The van der Waals surface area contributed by atoms with Crippen molar-refractivity contribution >= 4 is 11.6 Å². The molecule has 19 heavy (non-hydrogen) atoms. The highest BCUT2D eigenvalue weighted by Crippen LogP contribution is 2.26. The number of amides is 1. The second kappa shape index (κ2) is 6.20. The van der Waals surface area contributed by atoms with Gasteiger partial charge in [0.05, 0.1) is 5.92 Å². The van der Waals surface area contributed by atoms with E-state index in [4.69, 9.17) is 5.73 Å². The van der Waals surface area contributed by atoms with E-state index in [1.165, 1.54) is 0 Å². The zero-order valence-electron chi connectivity index (χ0n) is 12.7. The van der Waals surface area contributed by atoms with Crippen LogP contribution in [-0.4, -0.2) is 12.5 Å². The third kappa shape index (κ3) is 4.67. The van der Waals surface area contributed by atoms with E-state index in [-0.39, 0.29) is 17.2 Å². The van der Waals surface area contributed by atoms with Crippen molar-refractivity contribution in [2.45, 2.75) is 41.0 Å². The Labute approximate surface area is 116 Å². The summed E-state index contributed by atoms with van der Waals surface area (Å²) in [6.45, 7) is 10.8. The van der Waals surface area contributed by atoms with E-state index in [2.05, 4.69) is 26.1 Å². The highest BCUT2D eigenvalue weighted by Gasteiger charge is 2.24. The van der Waals surface area contributed by atoms with Crippen molar-refractivity contribution in [1.29, 1.82) is 0 Å². The summed E-state index contributed by atoms with van der Waals surface area (Å²) in [5.74, 6) is -0.117. The second-order valence-electron chi connectivity index (χ2n) is 6.45. The second-order valence-corrected chi connectivity index (χ2v) is 6.45. The van der Waals surface area contributed by atoms with E-state index in [0.29, 0.717) is 6.54 Å². The van der Waals surface area contributed by atoms with Crippen molar-refractivity contribution in [2.24, 2.45) is 17.1 Å². The lowest BCUT2D eigenvalue weighted by molar-refractivity contribution is -0.120. The summed E-state index contributed by atoms with van der Waals surface area (Å²) in [5, 5.41) is 3.03. The van der Waals surface area contributed by atoms with Gasteiger partial charge in [0.2, 0.25) is 5.91 Å². The summed E-state index contributed by atoms with van der Waals surface area (Å²) < 4.78 is 0. The molecule has 106 valence electrons. The minimum Gasteiger partial charge on any atom is -0.330 e. The minimum absolute atomic E-state index is 0.0230. The first kappa shape index (κ1) is 15.7. The van der Waals surface area contributed by atoms with Crippen molar-refractivity contribution in [2.75, 3.05) is 11.9 Å². The third-order valence-corrected chi connectivity index (χ3v) is 3.24. The van der Waals surface area contributed by atoms with Crippen molar-refractivity contribution in [3.05, 3.63) is 29.3 Å². The van der Waals surface area contributed by atoms with Gasteiger partial charge in [0.15, 0.2) is 0 Å². The Morgan fingerprint density at radius 3 is 2.21 bits per heavy atom. The van der Waals surface area contributed by atoms with Crippen LogP contribution in [0.1, 0.15) is 38.3 Å². The monoisotopic (exact) mass is 262 g/mol. The van der Waals surface area contributed by atoms with Crippen LogP contribution in [0.25, 0.3) is 0 Å². The molecular weight excluding hydrogens is 236 g/mol. The molecular formula is C16H26N2O. The standard InChI is InChI=1S/C16H26N2O/c1-11-7-6-8-12(2)14(11)18-15(19)13(10-17)9-16(3,4)5/h6-8,13H,9-10,17H2,1-5H3,(H,18,19). The van der Waals surface area contributed by atoms with Crippen LogP contribution in [0.15, 0.2) is 18.2 Å². The number of hydrogen-bond acceptors (Lipinski definition) is 2. The lowest BCUT2D eigenvalue weighted by atomic mass is 9.84. The Morgan fingerprint density at radius 2 is 1.79 bits per heavy atom. The van der Waals surface area contributed by atoms with Crippen LogP contribution < -0.4 is 11.1 Å². The predicted molar refractivity (Wildman–Crippen MR) is 81.2 cm³/mol. The Hall–Kier alpha value is -1.35. The largest absolute Gasteiger partial charge is 0.330 e. The normalized spacial score (nSPS) is 13.2. The molecule has 1 aromatic rings. The average molecular weight is 262 g/mol. The molecule has 1 aromatic carbocycles. The molecule has 0 spiro atoms. The van der Waals surface area contributed by atoms with Crippen LogP contribution in [0.5, 0.6) is 0 Å². The maximum atomic E-state index is 12.3. The maximum absolute atomic E-state index is 12.3. The summed E-state index contributed by atoms with van der Waals surface area (Å²) in [6.07, 6.45) is 0.792. The van der Waals surface area contributed by atoms with Crippen molar-refractivity contribution in [3.8, 4) is 0 Å². The highest BCUT2D eigenvalue weighted by molar-refractivity contribution is 5.94. The molecule has 1 amide bonds. The molecule has 0 aliphatic rings. The van der Waals surface area contributed by atoms with Gasteiger partial charge in [0, 0.05) is 12.2 Å². The SMILES string of the molecule is Cc1cccc(C)c1NC(=O)C(CN)CC(C)(C)C. The fraction of sp³-hybridized carbons (Fsp3) is 0.562. The molecule has 1 unspecified atom stereocenters. The van der Waals surface area contributed by atoms with Gasteiger partial charge in [-0.1, -0.05) is 39.0 Å². The molecule has 3 N–H and O–H groups in total. The molecule has 0 saturated heterocycles. The summed E-state index contributed by atoms with van der Waals surface area (Å²) >= 11 is 0. The molecule has 0 aliphatic carbocycles. The number of para-hydroxylation sites is 1. The van der Waals surface area contributed by atoms with Gasteiger partial charge in [-0.25, -0.2) is 0 Å². The number of nitrogens with one attached hydrogen (secondary N) is 1. The fourth-order valence-electron chi connectivity index (χ4n) is 2.26. The quantitative estimate of drug-likeness (QED) is 0.875. The van der Waals surface area contributed by atoms with Gasteiger partial charge in [-0.15, -0.1) is 0 Å². The van der Waals surface area contributed by atoms with E-state index in [9.17, 15) is 4.79 Å². The van der Waals surface area contributed by atoms with Crippen molar-refractivity contribution in [3.63, 3.8) is 0 Å². The van der Waals surface area contributed by atoms with Crippen LogP contribution in [0.2, 0.25) is 0 Å². The molecule has 3 nitrogen and oxygen atoms in total. The maximum Gasteiger partial charge on any atom is 0.228 e. The number of rotatable bonds is 4. The van der Waals surface area contributed by atoms with Crippen LogP contribution in [-0.2, 0) is 4.79 Å². The molecule has 0 fully saturated rings. The number of benzene rings is 1. The Balaban J connectivity index is 2.83. The van der Waals surface area contributed by atoms with Crippen LogP contribution in [0, 0.1) is 25.2 Å². The summed E-state index contributed by atoms with van der Waals surface area (Å²) in [4.78, 5) is 12.3. The molecule has 1 atom stereocenters. The zero-order valence-corrected chi connectivity index (χ0v) is 12.7. The van der Waals surface area contributed by atoms with Crippen LogP contribution in [0.3, 0.4) is 0 Å². The first-order chi connectivity index (χ1) is 8.74. The third-order valence-electron chi connectivity index (χ3n) is 3.24. The molecule has 3 heteroatoms. The molecule has 0 saturated carbocycles. The lowest BCUT2D eigenvalue weighted by Crippen LogP contribution is -2.32. The van der Waals surface area contributed by atoms with Gasteiger partial charge in [-0.3, -0.25) is 4.79 Å². The van der Waals surface area contributed by atoms with Crippen molar-refractivity contribution in [1.82, 2.24) is 0 Å². The van der Waals surface area contributed by atoms with Crippen LogP contribution >= 0.6 is 0 Å². The minimum atomic E-state index is -0.140. The predicted octanol–water partition coefficient (Wildman–Crippen LogP) is 3.25. The summed E-state index contributed by atoms with van der Waals surface area (Å²) in [7, 11) is 0. The Bertz CT molecular complexity index is 426. The van der Waals surface area contributed by atoms with Gasteiger partial charge in [0.1, 0.15) is 0 Å². The highest BCUT2D eigenvalue weighted by atomic mass is 16.1. The molecule has 0 aromatic heterocycles. The van der Waals surface area contributed by atoms with Gasteiger partial charge in [0.25, 0.3) is 0 Å². The Morgan fingerprint density at radius 1 is 1.26 bits per heavy atom. The van der Waals surface area contributed by atoms with E-state index in [1.54, 1.807) is 0 Å². The number of carbonyl (C=O) groups is 1. The molecule has 0 radical (unpaired) electrons. The summed E-state index contributed by atoms with van der Waals surface area (Å²) in [6, 6.07) is 6.00. The first-order valence-corrected chi connectivity index (χ1v) is 6.82. The number of anilines is 1. The smallest absolute Gasteiger partial charge is 0.228 e. The number of nitrogens with two attached hydrogens (primary N) is 1. The molecule has 1 rings (SSSR count). The van der Waals surface area contributed by atoms with E-state index < -0.39 is 0 Å². The van der Waals surface area contributed by atoms with Gasteiger partial charge in [-0.05, 0) is 36.8 Å². The number of carbonyl (C=O) groups excluding carboxylic acids is 1. The average Bonchev–Trinajstić information content (AvgIpc) is 2.29. The number of hydrogen-bond donors (Lipinski definition) is 2. The van der Waals surface area contributed by atoms with Gasteiger partial charge in [-0.2, -0.15) is 0 Å². The van der Waals surface area contributed by atoms with E-state index in [0.717, 1.165) is 23.2 Å². The number of aryl methyl sites for hydroxylation is 2. The molecule has 0 bridgehead atoms. The van der Waals surface area contributed by atoms with Crippen LogP contribution in [0.4, 0.5) is 5.69 Å². The first-order valence-electron chi connectivity index (χ1n) is 6.82. The molecule has 0 aliphatic heterocycles. The topological polar surface area (TPSA) is 55.1 Å².